The summed E-state index contributed by atoms with van der Waals surface area (Å²) >= 11 is 0. The molecular formula is C11H18N2O2. The molecule has 0 aliphatic carbocycles. The predicted octanol–water partition coefficient (Wildman–Crippen LogP) is 2.65. The topological polar surface area (TPSA) is 62.4 Å². The monoisotopic (exact) mass is 210 g/mol. The van der Waals surface area contributed by atoms with E-state index in [-0.39, 0.29) is 5.92 Å². The number of nitriles is 1. The van der Waals surface area contributed by atoms with Crippen LogP contribution in [0.15, 0.2) is 5.16 Å². The van der Waals surface area contributed by atoms with Crippen molar-refractivity contribution in [3.8, 4) is 6.07 Å². The summed E-state index contributed by atoms with van der Waals surface area (Å²) in [6.45, 7) is 3.34. The summed E-state index contributed by atoms with van der Waals surface area (Å²) in [6.07, 6.45) is 6.22. The van der Waals surface area contributed by atoms with E-state index in [9.17, 15) is 4.79 Å². The third-order valence-corrected chi connectivity index (χ3v) is 2.07. The molecule has 0 radical (unpaired) electrons. The summed E-state index contributed by atoms with van der Waals surface area (Å²) in [5.41, 5.74) is 0. The van der Waals surface area contributed by atoms with Gasteiger partial charge in [-0.15, -0.1) is 0 Å². The minimum absolute atomic E-state index is 0.176. The molecule has 1 unspecified atom stereocenters. The number of oxime groups is 1. The largest absolute Gasteiger partial charge is 0.331 e. The molecule has 0 N–H and O–H groups in total. The SMILES string of the molecule is CCC(C#N)CCCCC=NOC(C)=O. The zero-order chi connectivity index (χ0) is 11.5. The highest BCUT2D eigenvalue weighted by molar-refractivity contribution is 5.67. The fraction of sp³-hybridized carbons (Fsp3) is 0.727. The Bertz CT molecular complexity index is 243. The molecule has 0 aromatic heterocycles. The highest BCUT2D eigenvalue weighted by atomic mass is 16.7. The number of unbranched alkanes of at least 4 members (excludes halogenated alkanes) is 2. The fourth-order valence-corrected chi connectivity index (χ4v) is 1.15. The van der Waals surface area contributed by atoms with Gasteiger partial charge in [-0.25, -0.2) is 4.79 Å². The molecule has 0 bridgehead atoms. The second-order valence-corrected chi connectivity index (χ2v) is 3.39. The van der Waals surface area contributed by atoms with E-state index in [1.54, 1.807) is 6.21 Å². The van der Waals surface area contributed by atoms with Crippen molar-refractivity contribution in [2.75, 3.05) is 0 Å². The second-order valence-electron chi connectivity index (χ2n) is 3.39. The van der Waals surface area contributed by atoms with Crippen LogP contribution in [0, 0.1) is 17.2 Å². The molecule has 4 nitrogen and oxygen atoms in total. The molecule has 0 spiro atoms. The molecule has 0 saturated heterocycles. The van der Waals surface area contributed by atoms with Crippen molar-refractivity contribution in [2.24, 2.45) is 11.1 Å². The van der Waals surface area contributed by atoms with Gasteiger partial charge in [0, 0.05) is 19.1 Å². The van der Waals surface area contributed by atoms with Gasteiger partial charge in [-0.2, -0.15) is 5.26 Å². The van der Waals surface area contributed by atoms with Gasteiger partial charge in [-0.1, -0.05) is 18.5 Å². The number of carbonyl (C=O) groups is 1. The Morgan fingerprint density at radius 2 is 2.33 bits per heavy atom. The van der Waals surface area contributed by atoms with E-state index >= 15 is 0 Å². The molecule has 0 aromatic carbocycles. The van der Waals surface area contributed by atoms with Gasteiger partial charge in [0.1, 0.15) is 0 Å². The molecule has 0 fully saturated rings. The Balaban J connectivity index is 3.36. The fourth-order valence-electron chi connectivity index (χ4n) is 1.15. The molecule has 1 atom stereocenters. The van der Waals surface area contributed by atoms with E-state index in [2.05, 4.69) is 16.1 Å². The zero-order valence-corrected chi connectivity index (χ0v) is 9.40. The van der Waals surface area contributed by atoms with Crippen molar-refractivity contribution in [2.45, 2.75) is 46.0 Å². The molecule has 0 aromatic rings. The minimum atomic E-state index is -0.401. The highest BCUT2D eigenvalue weighted by Crippen LogP contribution is 2.11. The van der Waals surface area contributed by atoms with Crippen LogP contribution in [0.5, 0.6) is 0 Å². The second kappa shape index (κ2) is 9.20. The van der Waals surface area contributed by atoms with Gasteiger partial charge in [-0.05, 0) is 25.7 Å². The van der Waals surface area contributed by atoms with Crippen LogP contribution in [0.2, 0.25) is 0 Å². The van der Waals surface area contributed by atoms with Crippen molar-refractivity contribution in [3.05, 3.63) is 0 Å². The van der Waals surface area contributed by atoms with Crippen molar-refractivity contribution >= 4 is 12.2 Å². The first-order valence-electron chi connectivity index (χ1n) is 5.29. The van der Waals surface area contributed by atoms with E-state index in [4.69, 9.17) is 5.26 Å². The number of hydrogen-bond donors (Lipinski definition) is 0. The molecule has 0 saturated carbocycles. The first-order chi connectivity index (χ1) is 7.20. The lowest BCUT2D eigenvalue weighted by molar-refractivity contribution is -0.140. The Kier molecular flexibility index (Phi) is 8.36. The maximum absolute atomic E-state index is 10.3. The smallest absolute Gasteiger partial charge is 0.319 e. The minimum Gasteiger partial charge on any atom is -0.319 e. The number of nitrogens with zero attached hydrogens (tertiary/aromatic N) is 2. The van der Waals surface area contributed by atoms with Crippen LogP contribution in [0.3, 0.4) is 0 Å². The normalized spacial score (nSPS) is 12.3. The summed E-state index contributed by atoms with van der Waals surface area (Å²) in [5.74, 6) is -0.225. The Labute approximate surface area is 90.9 Å². The molecule has 15 heavy (non-hydrogen) atoms. The Hall–Kier alpha value is -1.37. The van der Waals surface area contributed by atoms with E-state index in [0.29, 0.717) is 0 Å². The third kappa shape index (κ3) is 8.95. The van der Waals surface area contributed by atoms with Gasteiger partial charge in [0.25, 0.3) is 0 Å². The number of carbonyl (C=O) groups excluding carboxylic acids is 1. The van der Waals surface area contributed by atoms with E-state index in [1.165, 1.54) is 6.92 Å². The summed E-state index contributed by atoms with van der Waals surface area (Å²) in [5, 5.41) is 12.2. The third-order valence-electron chi connectivity index (χ3n) is 2.07. The molecule has 0 aliphatic heterocycles. The van der Waals surface area contributed by atoms with Crippen LogP contribution in [0.1, 0.15) is 46.0 Å². The van der Waals surface area contributed by atoms with E-state index < -0.39 is 5.97 Å². The van der Waals surface area contributed by atoms with Crippen LogP contribution in [0.4, 0.5) is 0 Å². The van der Waals surface area contributed by atoms with Crippen molar-refractivity contribution in [3.63, 3.8) is 0 Å². The van der Waals surface area contributed by atoms with Crippen LogP contribution >= 0.6 is 0 Å². The van der Waals surface area contributed by atoms with Crippen LogP contribution in [-0.4, -0.2) is 12.2 Å². The Morgan fingerprint density at radius 3 is 2.87 bits per heavy atom. The lowest BCUT2D eigenvalue weighted by Gasteiger charge is -2.03. The number of rotatable bonds is 7. The summed E-state index contributed by atoms with van der Waals surface area (Å²) < 4.78 is 0. The van der Waals surface area contributed by atoms with E-state index in [0.717, 1.165) is 32.1 Å². The standard InChI is InChI=1S/C11H18N2O2/c1-3-11(9-12)7-5-4-6-8-13-15-10(2)14/h8,11H,3-7H2,1-2H3. The van der Waals surface area contributed by atoms with Crippen molar-refractivity contribution < 1.29 is 9.63 Å². The van der Waals surface area contributed by atoms with Gasteiger partial charge in [-0.3, -0.25) is 0 Å². The maximum Gasteiger partial charge on any atom is 0.331 e. The quantitative estimate of drug-likeness (QED) is 0.281. The predicted molar refractivity (Wildman–Crippen MR) is 58.1 cm³/mol. The lowest BCUT2D eigenvalue weighted by atomic mass is 10.0. The zero-order valence-electron chi connectivity index (χ0n) is 9.40. The number of hydrogen-bond acceptors (Lipinski definition) is 4. The molecule has 0 heterocycles. The Morgan fingerprint density at radius 1 is 1.60 bits per heavy atom. The first kappa shape index (κ1) is 13.6. The molecule has 0 rings (SSSR count). The van der Waals surface area contributed by atoms with Crippen LogP contribution in [-0.2, 0) is 9.63 Å². The highest BCUT2D eigenvalue weighted by Gasteiger charge is 2.02. The van der Waals surface area contributed by atoms with Crippen molar-refractivity contribution in [1.82, 2.24) is 0 Å². The van der Waals surface area contributed by atoms with Crippen LogP contribution < -0.4 is 0 Å². The van der Waals surface area contributed by atoms with Crippen LogP contribution in [0.25, 0.3) is 0 Å². The van der Waals surface area contributed by atoms with Crippen molar-refractivity contribution in [1.29, 1.82) is 5.26 Å². The van der Waals surface area contributed by atoms with E-state index in [1.807, 2.05) is 6.92 Å². The summed E-state index contributed by atoms with van der Waals surface area (Å²) in [7, 11) is 0. The van der Waals surface area contributed by atoms with Gasteiger partial charge in [0.2, 0.25) is 0 Å². The molecule has 0 amide bonds. The summed E-state index contributed by atoms with van der Waals surface area (Å²) in [6, 6.07) is 2.27. The molecule has 84 valence electrons. The van der Waals surface area contributed by atoms with Gasteiger partial charge >= 0.3 is 5.97 Å². The molecule has 4 heteroatoms. The average Bonchev–Trinajstić information content (AvgIpc) is 2.22. The average molecular weight is 210 g/mol. The molecular weight excluding hydrogens is 192 g/mol. The first-order valence-corrected chi connectivity index (χ1v) is 5.29. The van der Waals surface area contributed by atoms with Gasteiger partial charge < -0.3 is 4.84 Å². The van der Waals surface area contributed by atoms with Gasteiger partial charge in [0.15, 0.2) is 0 Å². The maximum atomic E-state index is 10.3. The molecule has 0 aliphatic rings. The summed E-state index contributed by atoms with van der Waals surface area (Å²) in [4.78, 5) is 14.7. The lowest BCUT2D eigenvalue weighted by Crippen LogP contribution is -1.95. The van der Waals surface area contributed by atoms with Gasteiger partial charge in [0.05, 0.1) is 6.07 Å².